The van der Waals surface area contributed by atoms with E-state index in [-0.39, 0.29) is 17.7 Å². The minimum atomic E-state index is -0.467. The van der Waals surface area contributed by atoms with Crippen LogP contribution in [0.15, 0.2) is 54.7 Å². The monoisotopic (exact) mass is 488 g/mol. The number of fused-ring (bicyclic) bond motifs is 1. The quantitative estimate of drug-likeness (QED) is 0.455. The van der Waals surface area contributed by atoms with Crippen molar-refractivity contribution >= 4 is 28.3 Å². The normalized spacial score (nSPS) is 15.4. The van der Waals surface area contributed by atoms with E-state index in [1.54, 1.807) is 6.20 Å². The first-order chi connectivity index (χ1) is 17.0. The average Bonchev–Trinajstić information content (AvgIpc) is 3.23. The Hall–Kier alpha value is -3.70. The molecular weight excluding hydrogens is 460 g/mol. The molecule has 0 aliphatic heterocycles. The number of carbonyl (C=O) groups excluding carboxylic acids is 2. The van der Waals surface area contributed by atoms with E-state index in [1.807, 2.05) is 55.5 Å². The van der Waals surface area contributed by atoms with Gasteiger partial charge in [0.15, 0.2) is 0 Å². The molecule has 0 fully saturated rings. The predicted octanol–water partition coefficient (Wildman–Crippen LogP) is 5.18. The second kappa shape index (κ2) is 11.6. The topological polar surface area (TPSA) is 104 Å². The lowest BCUT2D eigenvalue weighted by Gasteiger charge is -2.21. The van der Waals surface area contributed by atoms with Crippen molar-refractivity contribution in [3.8, 4) is 6.07 Å². The molecule has 35 heavy (non-hydrogen) atoms. The van der Waals surface area contributed by atoms with Crippen LogP contribution in [0.25, 0.3) is 0 Å². The molecule has 1 aliphatic carbocycles. The van der Waals surface area contributed by atoms with Gasteiger partial charge in [0, 0.05) is 17.5 Å². The summed E-state index contributed by atoms with van der Waals surface area (Å²) < 4.78 is 5.42. The number of aromatic nitrogens is 1. The van der Waals surface area contributed by atoms with Crippen LogP contribution in [0.1, 0.15) is 52.9 Å². The second-order valence-corrected chi connectivity index (χ2v) is 9.87. The van der Waals surface area contributed by atoms with Crippen LogP contribution in [0, 0.1) is 17.2 Å². The van der Waals surface area contributed by atoms with Crippen molar-refractivity contribution in [3.05, 3.63) is 82.0 Å². The average molecular weight is 489 g/mol. The SMILES string of the molecule is CC(CC(=O)Nc1sc2c(c1C#N)CCC(COC(=O)NCc1ccccn1)C2)c1ccccc1. The maximum atomic E-state index is 12.7. The molecule has 0 radical (unpaired) electrons. The van der Waals surface area contributed by atoms with Crippen molar-refractivity contribution in [2.24, 2.45) is 5.92 Å². The van der Waals surface area contributed by atoms with Gasteiger partial charge in [-0.05, 0) is 54.4 Å². The van der Waals surface area contributed by atoms with Gasteiger partial charge in [-0.3, -0.25) is 9.78 Å². The first kappa shape index (κ1) is 24.4. The maximum absolute atomic E-state index is 12.7. The smallest absolute Gasteiger partial charge is 0.407 e. The van der Waals surface area contributed by atoms with Gasteiger partial charge in [-0.25, -0.2) is 4.79 Å². The van der Waals surface area contributed by atoms with Crippen molar-refractivity contribution in [2.75, 3.05) is 11.9 Å². The van der Waals surface area contributed by atoms with Crippen LogP contribution in [-0.4, -0.2) is 23.6 Å². The standard InChI is InChI=1S/C27H28N4O3S/c1-18(20-7-3-2-4-8-20)13-25(32)31-26-23(15-28)22-11-10-19(14-24(22)35-26)17-34-27(33)30-16-21-9-5-6-12-29-21/h2-9,12,18-19H,10-11,13-14,16-17H2,1H3,(H,30,33)(H,31,32). The highest BCUT2D eigenvalue weighted by atomic mass is 32.1. The zero-order valence-corrected chi connectivity index (χ0v) is 20.4. The summed E-state index contributed by atoms with van der Waals surface area (Å²) in [6.07, 6.45) is 3.84. The number of benzene rings is 1. The van der Waals surface area contributed by atoms with Crippen molar-refractivity contribution in [1.82, 2.24) is 10.3 Å². The summed E-state index contributed by atoms with van der Waals surface area (Å²) in [7, 11) is 0. The molecule has 0 saturated heterocycles. The molecule has 0 saturated carbocycles. The van der Waals surface area contributed by atoms with Gasteiger partial charge < -0.3 is 15.4 Å². The summed E-state index contributed by atoms with van der Waals surface area (Å²) in [5.41, 5.74) is 3.46. The largest absolute Gasteiger partial charge is 0.449 e. The van der Waals surface area contributed by atoms with Crippen LogP contribution in [0.2, 0.25) is 0 Å². The Morgan fingerprint density at radius 2 is 2.03 bits per heavy atom. The van der Waals surface area contributed by atoms with Gasteiger partial charge in [-0.1, -0.05) is 43.3 Å². The fraction of sp³-hybridized carbons (Fsp3) is 0.333. The Kier molecular flexibility index (Phi) is 8.11. The Morgan fingerprint density at radius 1 is 1.23 bits per heavy atom. The van der Waals surface area contributed by atoms with Gasteiger partial charge >= 0.3 is 6.09 Å². The number of nitrogens with zero attached hydrogens (tertiary/aromatic N) is 2. The zero-order valence-electron chi connectivity index (χ0n) is 19.6. The molecule has 3 aromatic rings. The number of pyridine rings is 1. The highest BCUT2D eigenvalue weighted by Gasteiger charge is 2.27. The number of carbonyl (C=O) groups is 2. The fourth-order valence-electron chi connectivity index (χ4n) is 4.27. The second-order valence-electron chi connectivity index (χ2n) is 8.77. The third-order valence-corrected chi connectivity index (χ3v) is 7.35. The molecule has 0 spiro atoms. The molecule has 180 valence electrons. The number of amides is 2. The van der Waals surface area contributed by atoms with E-state index in [0.717, 1.165) is 41.0 Å². The molecule has 2 amide bonds. The molecule has 1 aromatic carbocycles. The van der Waals surface area contributed by atoms with Gasteiger partial charge in [0.25, 0.3) is 0 Å². The van der Waals surface area contributed by atoms with Gasteiger partial charge in [0.2, 0.25) is 5.91 Å². The molecule has 2 unspecified atom stereocenters. The van der Waals surface area contributed by atoms with E-state index in [0.29, 0.717) is 30.1 Å². The molecule has 0 bridgehead atoms. The number of hydrogen-bond acceptors (Lipinski definition) is 6. The summed E-state index contributed by atoms with van der Waals surface area (Å²) in [5.74, 6) is 0.164. The highest BCUT2D eigenvalue weighted by molar-refractivity contribution is 7.16. The number of anilines is 1. The third kappa shape index (κ3) is 6.46. The lowest BCUT2D eigenvalue weighted by molar-refractivity contribution is -0.116. The Bertz CT molecular complexity index is 1200. The van der Waals surface area contributed by atoms with Crippen LogP contribution >= 0.6 is 11.3 Å². The minimum absolute atomic E-state index is 0.0849. The summed E-state index contributed by atoms with van der Waals surface area (Å²) in [6.45, 7) is 2.65. The third-order valence-electron chi connectivity index (χ3n) is 6.18. The van der Waals surface area contributed by atoms with E-state index in [4.69, 9.17) is 4.74 Å². The lowest BCUT2D eigenvalue weighted by Crippen LogP contribution is -2.28. The molecule has 4 rings (SSSR count). The zero-order chi connectivity index (χ0) is 24.6. The van der Waals surface area contributed by atoms with E-state index < -0.39 is 6.09 Å². The van der Waals surface area contributed by atoms with Gasteiger partial charge in [0.05, 0.1) is 24.4 Å². The van der Waals surface area contributed by atoms with Crippen molar-refractivity contribution < 1.29 is 14.3 Å². The summed E-state index contributed by atoms with van der Waals surface area (Å²) in [5, 5.41) is 16.1. The highest BCUT2D eigenvalue weighted by Crippen LogP contribution is 2.39. The minimum Gasteiger partial charge on any atom is -0.449 e. The van der Waals surface area contributed by atoms with Crippen molar-refractivity contribution in [3.63, 3.8) is 0 Å². The summed E-state index contributed by atoms with van der Waals surface area (Å²) in [4.78, 5) is 30.0. The van der Waals surface area contributed by atoms with Crippen molar-refractivity contribution in [2.45, 2.75) is 45.1 Å². The Balaban J connectivity index is 1.30. The van der Waals surface area contributed by atoms with E-state index in [9.17, 15) is 14.9 Å². The molecular formula is C27H28N4O3S. The number of nitrogens with one attached hydrogen (secondary N) is 2. The first-order valence-corrected chi connectivity index (χ1v) is 12.5. The number of nitriles is 1. The van der Waals surface area contributed by atoms with Crippen molar-refractivity contribution in [1.29, 1.82) is 5.26 Å². The number of hydrogen-bond donors (Lipinski definition) is 2. The van der Waals surface area contributed by atoms with Crippen LogP contribution in [0.5, 0.6) is 0 Å². The van der Waals surface area contributed by atoms with Gasteiger partial charge in [-0.15, -0.1) is 11.3 Å². The molecule has 2 heterocycles. The fourth-order valence-corrected chi connectivity index (χ4v) is 5.60. The van der Waals surface area contributed by atoms with Crippen LogP contribution < -0.4 is 10.6 Å². The molecule has 2 aromatic heterocycles. The van der Waals surface area contributed by atoms with Crippen LogP contribution in [-0.2, 0) is 28.9 Å². The van der Waals surface area contributed by atoms with Gasteiger partial charge in [0.1, 0.15) is 11.1 Å². The molecule has 8 heteroatoms. The number of ether oxygens (including phenoxy) is 1. The van der Waals surface area contributed by atoms with E-state index >= 15 is 0 Å². The molecule has 7 nitrogen and oxygen atoms in total. The molecule has 2 atom stereocenters. The van der Waals surface area contributed by atoms with Gasteiger partial charge in [-0.2, -0.15) is 5.26 Å². The van der Waals surface area contributed by atoms with E-state index in [2.05, 4.69) is 21.7 Å². The number of rotatable bonds is 8. The Labute approximate surface area is 209 Å². The lowest BCUT2D eigenvalue weighted by atomic mass is 9.88. The van der Waals surface area contributed by atoms with Crippen LogP contribution in [0.4, 0.5) is 9.80 Å². The number of alkyl carbamates (subject to hydrolysis) is 1. The summed E-state index contributed by atoms with van der Waals surface area (Å²) >= 11 is 1.46. The molecule has 1 aliphatic rings. The Morgan fingerprint density at radius 3 is 2.77 bits per heavy atom. The maximum Gasteiger partial charge on any atom is 0.407 e. The van der Waals surface area contributed by atoms with E-state index in [1.165, 1.54) is 11.3 Å². The summed E-state index contributed by atoms with van der Waals surface area (Å²) in [6, 6.07) is 17.7. The number of thiophene rings is 1. The first-order valence-electron chi connectivity index (χ1n) is 11.7. The molecule has 2 N–H and O–H groups in total. The van der Waals surface area contributed by atoms with Crippen LogP contribution in [0.3, 0.4) is 0 Å². The predicted molar refractivity (Wildman–Crippen MR) is 135 cm³/mol.